The summed E-state index contributed by atoms with van der Waals surface area (Å²) in [7, 11) is 0. The van der Waals surface area contributed by atoms with Crippen LogP contribution in [0.15, 0.2) is 46.9 Å². The summed E-state index contributed by atoms with van der Waals surface area (Å²) in [5.74, 6) is 0.0328. The van der Waals surface area contributed by atoms with Crippen LogP contribution in [0.2, 0.25) is 0 Å². The predicted molar refractivity (Wildman–Crippen MR) is 80.9 cm³/mol. The summed E-state index contributed by atoms with van der Waals surface area (Å²) in [5, 5.41) is 2.94. The van der Waals surface area contributed by atoms with E-state index in [-0.39, 0.29) is 16.4 Å². The molecule has 0 aliphatic carbocycles. The molecule has 1 unspecified atom stereocenters. The van der Waals surface area contributed by atoms with Crippen molar-refractivity contribution < 1.29 is 13.9 Å². The van der Waals surface area contributed by atoms with E-state index in [4.69, 9.17) is 4.74 Å². The van der Waals surface area contributed by atoms with Gasteiger partial charge < -0.3 is 10.1 Å². The highest BCUT2D eigenvalue weighted by Gasteiger charge is 2.24. The van der Waals surface area contributed by atoms with Crippen LogP contribution in [0.25, 0.3) is 0 Å². The number of rotatable bonds is 2. The molecule has 0 saturated heterocycles. The van der Waals surface area contributed by atoms with Crippen molar-refractivity contribution in [3.05, 3.63) is 63.9 Å². The Morgan fingerprint density at radius 3 is 2.90 bits per heavy atom. The summed E-state index contributed by atoms with van der Waals surface area (Å²) in [4.78, 5) is 12.3. The average Bonchev–Trinajstić information content (AvgIpc) is 2.50. The van der Waals surface area contributed by atoms with E-state index in [9.17, 15) is 9.18 Å². The lowest BCUT2D eigenvalue weighted by atomic mass is 10.00. The minimum atomic E-state index is -0.449. The van der Waals surface area contributed by atoms with Crippen molar-refractivity contribution in [1.82, 2.24) is 5.32 Å². The first-order valence-electron chi connectivity index (χ1n) is 6.63. The molecule has 0 saturated carbocycles. The van der Waals surface area contributed by atoms with Crippen LogP contribution in [-0.2, 0) is 0 Å². The molecule has 0 spiro atoms. The molecule has 1 N–H and O–H groups in total. The Bertz CT molecular complexity index is 690. The molecule has 1 aliphatic heterocycles. The van der Waals surface area contributed by atoms with Gasteiger partial charge in [-0.25, -0.2) is 4.39 Å². The quantitative estimate of drug-likeness (QED) is 0.894. The molecule has 3 nitrogen and oxygen atoms in total. The lowest BCUT2D eigenvalue weighted by Crippen LogP contribution is -2.32. The maximum atomic E-state index is 13.5. The normalized spacial score (nSPS) is 16.8. The van der Waals surface area contributed by atoms with E-state index < -0.39 is 5.82 Å². The topological polar surface area (TPSA) is 38.3 Å². The smallest absolute Gasteiger partial charge is 0.253 e. The van der Waals surface area contributed by atoms with Gasteiger partial charge in [0.05, 0.1) is 22.7 Å². The van der Waals surface area contributed by atoms with Gasteiger partial charge in [0.2, 0.25) is 0 Å². The SMILES string of the molecule is O=C(NC1CCOc2ccccc21)c1cccc(F)c1Br. The van der Waals surface area contributed by atoms with E-state index in [1.54, 1.807) is 6.07 Å². The highest BCUT2D eigenvalue weighted by Crippen LogP contribution is 2.32. The maximum absolute atomic E-state index is 13.5. The van der Waals surface area contributed by atoms with Gasteiger partial charge in [-0.15, -0.1) is 0 Å². The number of carbonyl (C=O) groups excluding carboxylic acids is 1. The van der Waals surface area contributed by atoms with Crippen LogP contribution in [0, 0.1) is 5.82 Å². The van der Waals surface area contributed by atoms with Crippen molar-refractivity contribution in [2.45, 2.75) is 12.5 Å². The second-order valence-corrected chi connectivity index (χ2v) is 5.60. The van der Waals surface area contributed by atoms with Gasteiger partial charge in [-0.2, -0.15) is 0 Å². The van der Waals surface area contributed by atoms with Gasteiger partial charge in [-0.1, -0.05) is 24.3 Å². The van der Waals surface area contributed by atoms with Gasteiger partial charge in [0.15, 0.2) is 0 Å². The van der Waals surface area contributed by atoms with Crippen LogP contribution < -0.4 is 10.1 Å². The summed E-state index contributed by atoms with van der Waals surface area (Å²) < 4.78 is 19.3. The summed E-state index contributed by atoms with van der Waals surface area (Å²) in [6.07, 6.45) is 0.690. The van der Waals surface area contributed by atoms with Gasteiger partial charge in [0.1, 0.15) is 11.6 Å². The van der Waals surface area contributed by atoms with E-state index in [2.05, 4.69) is 21.2 Å². The first-order chi connectivity index (χ1) is 10.2. The molecule has 21 heavy (non-hydrogen) atoms. The summed E-state index contributed by atoms with van der Waals surface area (Å²) >= 11 is 3.12. The summed E-state index contributed by atoms with van der Waals surface area (Å²) in [6, 6.07) is 11.9. The van der Waals surface area contributed by atoms with Crippen LogP contribution in [0.3, 0.4) is 0 Å². The minimum absolute atomic E-state index is 0.127. The third-order valence-electron chi connectivity index (χ3n) is 3.46. The van der Waals surface area contributed by atoms with E-state index in [0.717, 1.165) is 11.3 Å². The third kappa shape index (κ3) is 2.78. The highest BCUT2D eigenvalue weighted by atomic mass is 79.9. The number of benzene rings is 2. The monoisotopic (exact) mass is 349 g/mol. The number of hydrogen-bond acceptors (Lipinski definition) is 2. The van der Waals surface area contributed by atoms with E-state index >= 15 is 0 Å². The molecule has 1 aliphatic rings. The number of hydrogen-bond donors (Lipinski definition) is 1. The fraction of sp³-hybridized carbons (Fsp3) is 0.188. The molecule has 108 valence electrons. The Kier molecular flexibility index (Phi) is 3.92. The fourth-order valence-electron chi connectivity index (χ4n) is 2.41. The molecular formula is C16H13BrFNO2. The van der Waals surface area contributed by atoms with E-state index in [0.29, 0.717) is 18.6 Å². The fourth-order valence-corrected chi connectivity index (χ4v) is 2.85. The first-order valence-corrected chi connectivity index (χ1v) is 7.42. The van der Waals surface area contributed by atoms with Crippen LogP contribution in [-0.4, -0.2) is 12.5 Å². The van der Waals surface area contributed by atoms with Crippen molar-refractivity contribution in [2.75, 3.05) is 6.61 Å². The Balaban J connectivity index is 1.85. The molecule has 0 aromatic heterocycles. The highest BCUT2D eigenvalue weighted by molar-refractivity contribution is 9.10. The molecule has 1 heterocycles. The number of para-hydroxylation sites is 1. The standard InChI is InChI=1S/C16H13BrFNO2/c17-15-11(5-3-6-12(15)18)16(20)19-13-8-9-21-14-7-2-1-4-10(13)14/h1-7,13H,8-9H2,(H,19,20). The van der Waals surface area contributed by atoms with Crippen molar-refractivity contribution >= 4 is 21.8 Å². The maximum Gasteiger partial charge on any atom is 0.253 e. The molecule has 2 aromatic rings. The second kappa shape index (κ2) is 5.85. The number of halogens is 2. The molecule has 1 atom stereocenters. The predicted octanol–water partition coefficient (Wildman–Crippen LogP) is 3.84. The molecule has 2 aromatic carbocycles. The van der Waals surface area contributed by atoms with Crippen LogP contribution in [0.5, 0.6) is 5.75 Å². The summed E-state index contributed by atoms with van der Waals surface area (Å²) in [5.41, 5.74) is 1.24. The molecule has 5 heteroatoms. The van der Waals surface area contributed by atoms with Gasteiger partial charge in [0, 0.05) is 12.0 Å². The zero-order chi connectivity index (χ0) is 14.8. The van der Waals surface area contributed by atoms with Crippen LogP contribution in [0.1, 0.15) is 28.4 Å². The molecular weight excluding hydrogens is 337 g/mol. The number of fused-ring (bicyclic) bond motifs is 1. The molecule has 0 radical (unpaired) electrons. The number of ether oxygens (including phenoxy) is 1. The Morgan fingerprint density at radius 2 is 2.05 bits per heavy atom. The van der Waals surface area contributed by atoms with Crippen molar-refractivity contribution in [3.63, 3.8) is 0 Å². The Morgan fingerprint density at radius 1 is 1.24 bits per heavy atom. The number of nitrogens with one attached hydrogen (secondary N) is 1. The van der Waals surface area contributed by atoms with Gasteiger partial charge in [0.25, 0.3) is 5.91 Å². The van der Waals surface area contributed by atoms with Crippen LogP contribution >= 0.6 is 15.9 Å². The number of carbonyl (C=O) groups is 1. The van der Waals surface area contributed by atoms with E-state index in [1.807, 2.05) is 24.3 Å². The lowest BCUT2D eigenvalue weighted by Gasteiger charge is -2.26. The third-order valence-corrected chi connectivity index (χ3v) is 4.27. The second-order valence-electron chi connectivity index (χ2n) is 4.80. The average molecular weight is 350 g/mol. The van der Waals surface area contributed by atoms with Crippen LogP contribution in [0.4, 0.5) is 4.39 Å². The first kappa shape index (κ1) is 14.1. The van der Waals surface area contributed by atoms with Crippen molar-refractivity contribution in [3.8, 4) is 5.75 Å². The molecule has 3 rings (SSSR count). The lowest BCUT2D eigenvalue weighted by molar-refractivity contribution is 0.0923. The zero-order valence-corrected chi connectivity index (χ0v) is 12.7. The minimum Gasteiger partial charge on any atom is -0.493 e. The van der Waals surface area contributed by atoms with Gasteiger partial charge >= 0.3 is 0 Å². The van der Waals surface area contributed by atoms with Gasteiger partial charge in [-0.05, 0) is 34.1 Å². The van der Waals surface area contributed by atoms with Crippen molar-refractivity contribution in [1.29, 1.82) is 0 Å². The number of amides is 1. The Labute approximate surface area is 130 Å². The summed E-state index contributed by atoms with van der Waals surface area (Å²) in [6.45, 7) is 0.548. The van der Waals surface area contributed by atoms with Crippen molar-refractivity contribution in [2.24, 2.45) is 0 Å². The Hall–Kier alpha value is -1.88. The van der Waals surface area contributed by atoms with E-state index in [1.165, 1.54) is 12.1 Å². The molecule has 0 bridgehead atoms. The van der Waals surface area contributed by atoms with Gasteiger partial charge in [-0.3, -0.25) is 4.79 Å². The molecule has 1 amide bonds. The zero-order valence-electron chi connectivity index (χ0n) is 11.1. The largest absolute Gasteiger partial charge is 0.493 e. The molecule has 0 fully saturated rings.